The summed E-state index contributed by atoms with van der Waals surface area (Å²) in [5.74, 6) is -0.917. The van der Waals surface area contributed by atoms with Gasteiger partial charge in [0.15, 0.2) is 5.13 Å². The highest BCUT2D eigenvalue weighted by atomic mass is 32.1. The van der Waals surface area contributed by atoms with Gasteiger partial charge in [-0.25, -0.2) is 9.78 Å². The number of carbonyl (C=O) groups excluding carboxylic acids is 3. The van der Waals surface area contributed by atoms with E-state index in [1.807, 2.05) is 25.1 Å². The molecule has 29 heavy (non-hydrogen) atoms. The number of carbonyl (C=O) groups is 3. The largest absolute Gasteiger partial charge is 0.325 e. The number of aryl methyl sites for hydroxylation is 1. The van der Waals surface area contributed by atoms with E-state index < -0.39 is 17.8 Å². The standard InChI is InChI=1S/C20H19N5O3S/c1-13-7-8-15(23-19(28)22-14-5-3-2-4-6-14)11-16(13)24-17(26)12-18(27)25-20-21-9-10-29-20/h2-11H,12H2,1H3,(H,24,26)(H,21,25,27)(H2,22,23,28). The highest BCUT2D eigenvalue weighted by molar-refractivity contribution is 7.13. The van der Waals surface area contributed by atoms with Crippen molar-refractivity contribution in [2.75, 3.05) is 21.3 Å². The van der Waals surface area contributed by atoms with E-state index in [9.17, 15) is 14.4 Å². The maximum Gasteiger partial charge on any atom is 0.323 e. The molecular formula is C20H19N5O3S. The monoisotopic (exact) mass is 409 g/mol. The SMILES string of the molecule is Cc1ccc(NC(=O)Nc2ccccc2)cc1NC(=O)CC(=O)Nc1nccs1. The van der Waals surface area contributed by atoms with Gasteiger partial charge in [-0.2, -0.15) is 0 Å². The molecule has 148 valence electrons. The molecule has 1 aromatic heterocycles. The smallest absolute Gasteiger partial charge is 0.323 e. The molecule has 8 nitrogen and oxygen atoms in total. The fourth-order valence-corrected chi connectivity index (χ4v) is 2.98. The zero-order valence-electron chi connectivity index (χ0n) is 15.6. The molecule has 0 fully saturated rings. The molecule has 0 radical (unpaired) electrons. The summed E-state index contributed by atoms with van der Waals surface area (Å²) in [6.07, 6.45) is 1.22. The number of anilines is 4. The van der Waals surface area contributed by atoms with Crippen LogP contribution >= 0.6 is 11.3 Å². The molecule has 9 heteroatoms. The highest BCUT2D eigenvalue weighted by Crippen LogP contribution is 2.21. The van der Waals surface area contributed by atoms with Crippen molar-refractivity contribution in [2.45, 2.75) is 13.3 Å². The van der Waals surface area contributed by atoms with E-state index in [4.69, 9.17) is 0 Å². The second kappa shape index (κ2) is 9.47. The van der Waals surface area contributed by atoms with Crippen LogP contribution in [0.3, 0.4) is 0 Å². The Kier molecular flexibility index (Phi) is 6.54. The quantitative estimate of drug-likeness (QED) is 0.460. The number of aromatic nitrogens is 1. The molecule has 3 rings (SSSR count). The summed E-state index contributed by atoms with van der Waals surface area (Å²) in [4.78, 5) is 40.2. The second-order valence-electron chi connectivity index (χ2n) is 6.09. The molecule has 0 unspecified atom stereocenters. The average molecular weight is 409 g/mol. The van der Waals surface area contributed by atoms with Gasteiger partial charge < -0.3 is 21.3 Å². The molecule has 0 aliphatic heterocycles. The Bertz CT molecular complexity index is 1010. The first-order valence-electron chi connectivity index (χ1n) is 8.72. The molecule has 0 saturated carbocycles. The van der Waals surface area contributed by atoms with E-state index in [2.05, 4.69) is 26.3 Å². The van der Waals surface area contributed by atoms with Crippen LogP contribution in [0.15, 0.2) is 60.1 Å². The van der Waals surface area contributed by atoms with E-state index in [1.54, 1.807) is 41.9 Å². The van der Waals surface area contributed by atoms with Crippen LogP contribution in [-0.4, -0.2) is 22.8 Å². The molecule has 4 N–H and O–H groups in total. The maximum absolute atomic E-state index is 12.2. The summed E-state index contributed by atoms with van der Waals surface area (Å²) in [6.45, 7) is 1.82. The molecule has 4 amide bonds. The average Bonchev–Trinajstić information content (AvgIpc) is 3.18. The molecule has 0 atom stereocenters. The number of para-hydroxylation sites is 1. The molecule has 0 saturated heterocycles. The molecule has 0 aliphatic rings. The van der Waals surface area contributed by atoms with Gasteiger partial charge in [0.05, 0.1) is 0 Å². The summed E-state index contributed by atoms with van der Waals surface area (Å²) in [5.41, 5.74) is 2.48. The van der Waals surface area contributed by atoms with E-state index in [1.165, 1.54) is 11.3 Å². The van der Waals surface area contributed by atoms with Gasteiger partial charge in [-0.3, -0.25) is 9.59 Å². The molecule has 0 spiro atoms. The fourth-order valence-electron chi connectivity index (χ4n) is 2.44. The van der Waals surface area contributed by atoms with Gasteiger partial charge in [0.2, 0.25) is 11.8 Å². The first-order valence-corrected chi connectivity index (χ1v) is 9.60. The Labute approximate surface area is 171 Å². The zero-order valence-corrected chi connectivity index (χ0v) is 16.4. The molecule has 0 bridgehead atoms. The van der Waals surface area contributed by atoms with Crippen LogP contribution in [0.4, 0.5) is 27.0 Å². The summed E-state index contributed by atoms with van der Waals surface area (Å²) in [7, 11) is 0. The van der Waals surface area contributed by atoms with Crippen molar-refractivity contribution < 1.29 is 14.4 Å². The van der Waals surface area contributed by atoms with Gasteiger partial charge in [0.1, 0.15) is 6.42 Å². The minimum absolute atomic E-state index is 0.342. The van der Waals surface area contributed by atoms with Crippen LogP contribution in [0.25, 0.3) is 0 Å². The van der Waals surface area contributed by atoms with Gasteiger partial charge in [0.25, 0.3) is 0 Å². The first kappa shape index (κ1) is 20.0. The number of hydrogen-bond donors (Lipinski definition) is 4. The fraction of sp³-hybridized carbons (Fsp3) is 0.100. The summed E-state index contributed by atoms with van der Waals surface area (Å²) in [6, 6.07) is 13.8. The summed E-state index contributed by atoms with van der Waals surface area (Å²) >= 11 is 1.27. The molecule has 2 aromatic carbocycles. The number of urea groups is 1. The van der Waals surface area contributed by atoms with E-state index >= 15 is 0 Å². The minimum atomic E-state index is -0.465. The first-order chi connectivity index (χ1) is 14.0. The van der Waals surface area contributed by atoms with E-state index in [0.29, 0.717) is 22.2 Å². The molecular weight excluding hydrogens is 390 g/mol. The second-order valence-corrected chi connectivity index (χ2v) is 6.98. The topological polar surface area (TPSA) is 112 Å². The normalized spacial score (nSPS) is 10.1. The third kappa shape index (κ3) is 6.15. The van der Waals surface area contributed by atoms with Crippen LogP contribution in [0.1, 0.15) is 12.0 Å². The molecule has 3 aromatic rings. The van der Waals surface area contributed by atoms with Gasteiger partial charge >= 0.3 is 6.03 Å². The van der Waals surface area contributed by atoms with Crippen molar-refractivity contribution in [1.82, 2.24) is 4.98 Å². The van der Waals surface area contributed by atoms with Crippen molar-refractivity contribution in [1.29, 1.82) is 0 Å². The van der Waals surface area contributed by atoms with Crippen LogP contribution in [0, 0.1) is 6.92 Å². The highest BCUT2D eigenvalue weighted by Gasteiger charge is 2.13. The van der Waals surface area contributed by atoms with Crippen molar-refractivity contribution in [2.24, 2.45) is 0 Å². The third-order valence-electron chi connectivity index (χ3n) is 3.80. The Morgan fingerprint density at radius 3 is 2.34 bits per heavy atom. The number of nitrogens with zero attached hydrogens (tertiary/aromatic N) is 1. The van der Waals surface area contributed by atoms with Gasteiger partial charge in [0, 0.05) is 28.6 Å². The Balaban J connectivity index is 1.57. The number of benzene rings is 2. The van der Waals surface area contributed by atoms with Crippen LogP contribution in [0.5, 0.6) is 0 Å². The van der Waals surface area contributed by atoms with E-state index in [-0.39, 0.29) is 6.42 Å². The molecule has 0 aliphatic carbocycles. The van der Waals surface area contributed by atoms with Gasteiger partial charge in [-0.1, -0.05) is 24.3 Å². The lowest BCUT2D eigenvalue weighted by atomic mass is 10.1. The lowest BCUT2D eigenvalue weighted by Gasteiger charge is -2.12. The number of thiazole rings is 1. The number of amides is 4. The Hall–Kier alpha value is -3.72. The van der Waals surface area contributed by atoms with Gasteiger partial charge in [-0.05, 0) is 36.8 Å². The van der Waals surface area contributed by atoms with E-state index in [0.717, 1.165) is 5.56 Å². The Morgan fingerprint density at radius 1 is 0.897 bits per heavy atom. The predicted molar refractivity (Wildman–Crippen MR) is 114 cm³/mol. The molecule has 1 heterocycles. The van der Waals surface area contributed by atoms with Crippen LogP contribution < -0.4 is 21.3 Å². The number of rotatable bonds is 6. The summed E-state index contributed by atoms with van der Waals surface area (Å²) < 4.78 is 0. The maximum atomic E-state index is 12.2. The minimum Gasteiger partial charge on any atom is -0.325 e. The number of nitrogens with one attached hydrogen (secondary N) is 4. The van der Waals surface area contributed by atoms with Gasteiger partial charge in [-0.15, -0.1) is 11.3 Å². The van der Waals surface area contributed by atoms with Crippen LogP contribution in [0.2, 0.25) is 0 Å². The van der Waals surface area contributed by atoms with Crippen molar-refractivity contribution in [3.05, 3.63) is 65.7 Å². The number of hydrogen-bond acceptors (Lipinski definition) is 5. The Morgan fingerprint density at radius 2 is 1.62 bits per heavy atom. The van der Waals surface area contributed by atoms with Crippen LogP contribution in [-0.2, 0) is 9.59 Å². The van der Waals surface area contributed by atoms with Crippen molar-refractivity contribution >= 4 is 51.4 Å². The van der Waals surface area contributed by atoms with Crippen molar-refractivity contribution in [3.8, 4) is 0 Å². The third-order valence-corrected chi connectivity index (χ3v) is 4.49. The lowest BCUT2D eigenvalue weighted by molar-refractivity contribution is -0.123. The lowest BCUT2D eigenvalue weighted by Crippen LogP contribution is -2.22. The zero-order chi connectivity index (χ0) is 20.6. The summed E-state index contributed by atoms with van der Waals surface area (Å²) in [5, 5.41) is 12.9. The predicted octanol–water partition coefficient (Wildman–Crippen LogP) is 4.06. The van der Waals surface area contributed by atoms with Crippen molar-refractivity contribution in [3.63, 3.8) is 0 Å².